The minimum absolute atomic E-state index is 0.0496. The number of rotatable bonds is 5. The zero-order valence-corrected chi connectivity index (χ0v) is 11.4. The van der Waals surface area contributed by atoms with Gasteiger partial charge in [-0.15, -0.1) is 0 Å². The quantitative estimate of drug-likeness (QED) is 0.869. The fraction of sp³-hybridized carbons (Fsp3) is 0.286. The summed E-state index contributed by atoms with van der Waals surface area (Å²) in [6.45, 7) is 4.04. The molecule has 0 spiro atoms. The van der Waals surface area contributed by atoms with E-state index in [1.165, 1.54) is 6.07 Å². The molecule has 0 aliphatic rings. The Balaban J connectivity index is 2.44. The monoisotopic (exact) mass is 272 g/mol. The van der Waals surface area contributed by atoms with E-state index in [1.54, 1.807) is 24.4 Å². The average Bonchev–Trinajstić information content (AvgIpc) is 2.47. The van der Waals surface area contributed by atoms with Gasteiger partial charge in [0.2, 0.25) is 0 Å². The van der Waals surface area contributed by atoms with Crippen molar-refractivity contribution in [2.24, 2.45) is 0 Å². The zero-order valence-electron chi connectivity index (χ0n) is 11.4. The third-order valence-electron chi connectivity index (χ3n) is 2.85. The molecule has 0 bridgehead atoms. The smallest absolute Gasteiger partial charge is 0.354 e. The van der Waals surface area contributed by atoms with E-state index in [0.717, 1.165) is 6.42 Å². The van der Waals surface area contributed by atoms with Crippen LogP contribution in [-0.4, -0.2) is 32.1 Å². The van der Waals surface area contributed by atoms with Gasteiger partial charge >= 0.3 is 5.97 Å². The molecule has 0 saturated heterocycles. The molecule has 0 aliphatic heterocycles. The van der Waals surface area contributed by atoms with Crippen LogP contribution in [0.3, 0.4) is 0 Å². The van der Waals surface area contributed by atoms with E-state index < -0.39 is 5.97 Å². The van der Waals surface area contributed by atoms with Gasteiger partial charge in [0.1, 0.15) is 11.5 Å². The van der Waals surface area contributed by atoms with E-state index in [9.17, 15) is 4.79 Å². The van der Waals surface area contributed by atoms with E-state index in [0.29, 0.717) is 17.3 Å². The number of aromatic carboxylic acids is 1. The summed E-state index contributed by atoms with van der Waals surface area (Å²) in [5.74, 6) is -0.291. The highest BCUT2D eigenvalue weighted by Gasteiger charge is 2.13. The van der Waals surface area contributed by atoms with Crippen LogP contribution in [0.5, 0.6) is 0 Å². The van der Waals surface area contributed by atoms with E-state index in [-0.39, 0.29) is 11.7 Å². The van der Waals surface area contributed by atoms with Gasteiger partial charge in [0.05, 0.1) is 0 Å². The van der Waals surface area contributed by atoms with Crippen LogP contribution in [0.4, 0.5) is 5.82 Å². The minimum atomic E-state index is -1.09. The molecule has 2 aromatic rings. The normalized spacial score (nSPS) is 11.9. The third-order valence-corrected chi connectivity index (χ3v) is 2.85. The van der Waals surface area contributed by atoms with Gasteiger partial charge in [0.25, 0.3) is 0 Å². The largest absolute Gasteiger partial charge is 0.477 e. The number of nitrogens with zero attached hydrogens (tertiary/aromatic N) is 3. The number of carbonyl (C=O) groups is 1. The van der Waals surface area contributed by atoms with Crippen LogP contribution < -0.4 is 5.32 Å². The fourth-order valence-electron chi connectivity index (χ4n) is 1.59. The van der Waals surface area contributed by atoms with Gasteiger partial charge in [-0.25, -0.2) is 14.8 Å². The first-order valence-corrected chi connectivity index (χ1v) is 6.40. The van der Waals surface area contributed by atoms with Crippen LogP contribution in [0.1, 0.15) is 30.8 Å². The van der Waals surface area contributed by atoms with E-state index >= 15 is 0 Å². The highest BCUT2D eigenvalue weighted by Crippen LogP contribution is 2.16. The molecule has 0 aliphatic carbocycles. The van der Waals surface area contributed by atoms with E-state index in [4.69, 9.17) is 5.11 Å². The number of carboxylic acids is 1. The Morgan fingerprint density at radius 3 is 2.80 bits per heavy atom. The summed E-state index contributed by atoms with van der Waals surface area (Å²) in [4.78, 5) is 23.6. The van der Waals surface area contributed by atoms with Crippen LogP contribution in [0.25, 0.3) is 11.5 Å². The summed E-state index contributed by atoms with van der Waals surface area (Å²) >= 11 is 0. The van der Waals surface area contributed by atoms with Crippen molar-refractivity contribution in [1.29, 1.82) is 0 Å². The zero-order chi connectivity index (χ0) is 14.5. The Hall–Kier alpha value is -2.50. The second-order valence-corrected chi connectivity index (χ2v) is 4.44. The third kappa shape index (κ3) is 3.28. The number of hydrogen-bond acceptors (Lipinski definition) is 5. The summed E-state index contributed by atoms with van der Waals surface area (Å²) in [7, 11) is 0. The molecule has 6 heteroatoms. The Morgan fingerprint density at radius 1 is 1.40 bits per heavy atom. The summed E-state index contributed by atoms with van der Waals surface area (Å²) in [6, 6.07) is 6.96. The second-order valence-electron chi connectivity index (χ2n) is 4.44. The van der Waals surface area contributed by atoms with Crippen LogP contribution in [0.2, 0.25) is 0 Å². The van der Waals surface area contributed by atoms with Crippen LogP contribution in [0, 0.1) is 0 Å². The maximum atomic E-state index is 11.2. The first-order valence-electron chi connectivity index (χ1n) is 6.40. The van der Waals surface area contributed by atoms with Crippen molar-refractivity contribution >= 4 is 11.8 Å². The molecule has 0 radical (unpaired) electrons. The summed E-state index contributed by atoms with van der Waals surface area (Å²) in [5.41, 5.74) is 0.495. The first kappa shape index (κ1) is 13.9. The number of carboxylic acid groups (broad SMARTS) is 1. The number of anilines is 1. The Labute approximate surface area is 116 Å². The molecule has 0 saturated carbocycles. The molecular formula is C14H16N4O2. The highest BCUT2D eigenvalue weighted by molar-refractivity contribution is 5.86. The van der Waals surface area contributed by atoms with Gasteiger partial charge < -0.3 is 10.4 Å². The molecule has 0 fully saturated rings. The lowest BCUT2D eigenvalue weighted by molar-refractivity contribution is 0.0690. The van der Waals surface area contributed by atoms with Crippen molar-refractivity contribution in [1.82, 2.24) is 15.0 Å². The maximum absolute atomic E-state index is 11.2. The lowest BCUT2D eigenvalue weighted by Gasteiger charge is -2.13. The molecule has 2 rings (SSSR count). The van der Waals surface area contributed by atoms with Crippen molar-refractivity contribution in [3.05, 3.63) is 36.2 Å². The molecule has 1 atom stereocenters. The highest BCUT2D eigenvalue weighted by atomic mass is 16.4. The SMILES string of the molecule is CCC(C)Nc1cc(C(=O)O)nc(-c2ccccn2)n1. The molecule has 0 amide bonds. The Kier molecular flexibility index (Phi) is 4.24. The lowest BCUT2D eigenvalue weighted by atomic mass is 10.2. The predicted octanol–water partition coefficient (Wildman–Crippen LogP) is 2.45. The van der Waals surface area contributed by atoms with Gasteiger partial charge in [0.15, 0.2) is 11.5 Å². The minimum Gasteiger partial charge on any atom is -0.477 e. The first-order chi connectivity index (χ1) is 9.60. The van der Waals surface area contributed by atoms with Crippen molar-refractivity contribution in [2.45, 2.75) is 26.3 Å². The number of pyridine rings is 1. The van der Waals surface area contributed by atoms with Crippen LogP contribution in [-0.2, 0) is 0 Å². The van der Waals surface area contributed by atoms with Crippen molar-refractivity contribution in [2.75, 3.05) is 5.32 Å². The van der Waals surface area contributed by atoms with Gasteiger partial charge in [-0.1, -0.05) is 13.0 Å². The molecule has 2 heterocycles. The van der Waals surface area contributed by atoms with Gasteiger partial charge in [0, 0.05) is 18.3 Å². The lowest BCUT2D eigenvalue weighted by Crippen LogP contribution is -2.16. The van der Waals surface area contributed by atoms with Crippen LogP contribution >= 0.6 is 0 Å². The van der Waals surface area contributed by atoms with E-state index in [2.05, 4.69) is 20.3 Å². The molecule has 104 valence electrons. The second kappa shape index (κ2) is 6.10. The van der Waals surface area contributed by atoms with Gasteiger partial charge in [-0.3, -0.25) is 4.98 Å². The topological polar surface area (TPSA) is 88.0 Å². The Morgan fingerprint density at radius 2 is 2.20 bits per heavy atom. The molecule has 0 aromatic carbocycles. The predicted molar refractivity (Wildman–Crippen MR) is 75.6 cm³/mol. The summed E-state index contributed by atoms with van der Waals surface area (Å²) in [6.07, 6.45) is 2.53. The maximum Gasteiger partial charge on any atom is 0.354 e. The average molecular weight is 272 g/mol. The van der Waals surface area contributed by atoms with Crippen molar-refractivity contribution in [3.8, 4) is 11.5 Å². The fourth-order valence-corrected chi connectivity index (χ4v) is 1.59. The standard InChI is InChI=1S/C14H16N4O2/c1-3-9(2)16-12-8-11(14(19)20)17-13(18-12)10-6-4-5-7-15-10/h4-9H,3H2,1-2H3,(H,19,20)(H,16,17,18). The van der Waals surface area contributed by atoms with Crippen LogP contribution in [0.15, 0.2) is 30.5 Å². The molecule has 2 N–H and O–H groups in total. The molecular weight excluding hydrogens is 256 g/mol. The molecule has 6 nitrogen and oxygen atoms in total. The Bertz CT molecular complexity index is 601. The summed E-state index contributed by atoms with van der Waals surface area (Å²) in [5, 5.41) is 12.3. The van der Waals surface area contributed by atoms with Gasteiger partial charge in [-0.05, 0) is 25.5 Å². The van der Waals surface area contributed by atoms with Crippen molar-refractivity contribution in [3.63, 3.8) is 0 Å². The molecule has 2 aromatic heterocycles. The number of hydrogen-bond donors (Lipinski definition) is 2. The van der Waals surface area contributed by atoms with E-state index in [1.807, 2.05) is 13.8 Å². The number of aromatic nitrogens is 3. The summed E-state index contributed by atoms with van der Waals surface area (Å²) < 4.78 is 0. The van der Waals surface area contributed by atoms with Gasteiger partial charge in [-0.2, -0.15) is 0 Å². The molecule has 1 unspecified atom stereocenters. The van der Waals surface area contributed by atoms with Crippen molar-refractivity contribution < 1.29 is 9.90 Å². The number of nitrogens with one attached hydrogen (secondary N) is 1. The molecule has 20 heavy (non-hydrogen) atoms.